The molecule has 0 spiro atoms. The van der Waals surface area contributed by atoms with Gasteiger partial charge >= 0.3 is 6.18 Å². The van der Waals surface area contributed by atoms with Gasteiger partial charge in [0.25, 0.3) is 5.91 Å². The number of H-pyrrole nitrogens is 1. The Labute approximate surface area is 179 Å². The molecular weight excluding hydrogens is 449 g/mol. The molecule has 1 amide bonds. The van der Waals surface area contributed by atoms with E-state index in [1.54, 1.807) is 6.07 Å². The molecule has 3 aromatic heterocycles. The monoisotopic (exact) mass is 464 g/mol. The van der Waals surface area contributed by atoms with Crippen LogP contribution in [0.3, 0.4) is 0 Å². The average molecular weight is 464 g/mol. The van der Waals surface area contributed by atoms with Gasteiger partial charge in [-0.3, -0.25) is 14.6 Å². The Morgan fingerprint density at radius 3 is 2.56 bits per heavy atom. The molecule has 32 heavy (non-hydrogen) atoms. The van der Waals surface area contributed by atoms with Crippen LogP contribution in [-0.4, -0.2) is 39.3 Å². The smallest absolute Gasteiger partial charge is 0.348 e. The molecule has 0 aliphatic carbocycles. The number of nitrogens with one attached hydrogen (secondary N) is 2. The van der Waals surface area contributed by atoms with Crippen molar-refractivity contribution in [1.29, 1.82) is 0 Å². The summed E-state index contributed by atoms with van der Waals surface area (Å²) in [5.41, 5.74) is 0.0592. The molecule has 0 saturated heterocycles. The second-order valence-electron chi connectivity index (χ2n) is 6.84. The van der Waals surface area contributed by atoms with Crippen molar-refractivity contribution < 1.29 is 26.4 Å². The summed E-state index contributed by atoms with van der Waals surface area (Å²) < 4.78 is 65.7. The average Bonchev–Trinajstić information content (AvgIpc) is 3.38. The van der Waals surface area contributed by atoms with Crippen molar-refractivity contribution in [1.82, 2.24) is 30.3 Å². The zero-order chi connectivity index (χ0) is 23.1. The lowest BCUT2D eigenvalue weighted by molar-refractivity contribution is -0.146. The largest absolute Gasteiger partial charge is 0.434 e. The second-order valence-corrected chi connectivity index (χ2v) is 8.76. The molecule has 0 bridgehead atoms. The molecule has 166 valence electrons. The van der Waals surface area contributed by atoms with Gasteiger partial charge in [0.05, 0.1) is 22.9 Å². The number of aromatic nitrogens is 5. The number of hydrogen-bond donors (Lipinski definition) is 2. The molecular formula is C19H15F3N6O3S. The maximum Gasteiger partial charge on any atom is 0.434 e. The fourth-order valence-corrected chi connectivity index (χ4v) is 4.53. The third-order valence-electron chi connectivity index (χ3n) is 4.70. The summed E-state index contributed by atoms with van der Waals surface area (Å²) in [4.78, 5) is 15.2. The van der Waals surface area contributed by atoms with E-state index in [1.165, 1.54) is 36.7 Å². The Balaban J connectivity index is 1.50. The minimum atomic E-state index is -4.88. The van der Waals surface area contributed by atoms with Gasteiger partial charge in [-0.15, -0.1) is 0 Å². The number of amides is 1. The Bertz CT molecular complexity index is 1410. The van der Waals surface area contributed by atoms with E-state index in [0.717, 1.165) is 7.05 Å². The molecule has 0 radical (unpaired) electrons. The highest BCUT2D eigenvalue weighted by Gasteiger charge is 2.41. The van der Waals surface area contributed by atoms with Crippen molar-refractivity contribution in [2.45, 2.75) is 22.5 Å². The van der Waals surface area contributed by atoms with Crippen LogP contribution in [0.15, 0.2) is 58.7 Å². The Kier molecular flexibility index (Phi) is 5.20. The topological polar surface area (TPSA) is 123 Å². The zero-order valence-electron chi connectivity index (χ0n) is 16.4. The molecule has 0 atom stereocenters. The second kappa shape index (κ2) is 7.75. The summed E-state index contributed by atoms with van der Waals surface area (Å²) in [5.74, 6) is -0.400. The summed E-state index contributed by atoms with van der Waals surface area (Å²) in [6.45, 7) is 0.0727. The van der Waals surface area contributed by atoms with Crippen molar-refractivity contribution in [3.8, 4) is 0 Å². The molecule has 9 nitrogen and oxygen atoms in total. The summed E-state index contributed by atoms with van der Waals surface area (Å²) in [5, 5.41) is 13.3. The van der Waals surface area contributed by atoms with E-state index in [4.69, 9.17) is 0 Å². The predicted octanol–water partition coefficient (Wildman–Crippen LogP) is 2.47. The first-order chi connectivity index (χ1) is 15.1. The summed E-state index contributed by atoms with van der Waals surface area (Å²) in [6.07, 6.45) is -1.29. The van der Waals surface area contributed by atoms with Gasteiger partial charge in [0, 0.05) is 25.2 Å². The third-order valence-corrected chi connectivity index (χ3v) is 6.47. The number of sulfone groups is 1. The number of carbonyl (C=O) groups excluding carboxylic acids is 1. The van der Waals surface area contributed by atoms with Gasteiger partial charge in [0.2, 0.25) is 9.84 Å². The van der Waals surface area contributed by atoms with Crippen molar-refractivity contribution >= 4 is 26.8 Å². The molecule has 0 unspecified atom stereocenters. The number of alkyl halides is 3. The molecule has 2 N–H and O–H groups in total. The van der Waals surface area contributed by atoms with Crippen molar-refractivity contribution in [3.63, 3.8) is 0 Å². The molecule has 13 heteroatoms. The fraction of sp³-hybridized carbons (Fsp3) is 0.158. The number of hydrogen-bond acceptors (Lipinski definition) is 6. The van der Waals surface area contributed by atoms with Crippen molar-refractivity contribution in [3.05, 3.63) is 65.7 Å². The molecule has 1 aromatic carbocycles. The van der Waals surface area contributed by atoms with Gasteiger partial charge in [0.1, 0.15) is 4.90 Å². The van der Waals surface area contributed by atoms with Crippen molar-refractivity contribution in [2.24, 2.45) is 7.05 Å². The summed E-state index contributed by atoms with van der Waals surface area (Å²) in [7, 11) is -3.42. The number of aryl methyl sites for hydroxylation is 1. The molecule has 0 aliphatic heterocycles. The van der Waals surface area contributed by atoms with E-state index in [1.807, 2.05) is 0 Å². The van der Waals surface area contributed by atoms with Crippen LogP contribution >= 0.6 is 0 Å². The number of halogens is 3. The molecule has 4 aromatic rings. The van der Waals surface area contributed by atoms with Crippen LogP contribution < -0.4 is 5.32 Å². The standard InChI is InChI=1S/C19H15F3N6O3S/c1-28-16(19(20,21)22)15(10-26-28)32(30,31)14-4-2-11(3-5-14)7-24-18(29)13-6-12-9-25-27-17(12)23-8-13/h2-6,8-10H,7H2,1H3,(H,24,29)(H,23,25,27). The maximum absolute atomic E-state index is 13.3. The highest BCUT2D eigenvalue weighted by Crippen LogP contribution is 2.36. The minimum Gasteiger partial charge on any atom is -0.348 e. The zero-order valence-corrected chi connectivity index (χ0v) is 17.2. The lowest BCUT2D eigenvalue weighted by atomic mass is 10.2. The summed E-state index contributed by atoms with van der Waals surface area (Å²) >= 11 is 0. The lowest BCUT2D eigenvalue weighted by Crippen LogP contribution is -2.23. The predicted molar refractivity (Wildman–Crippen MR) is 105 cm³/mol. The number of fused-ring (bicyclic) bond motifs is 1. The third kappa shape index (κ3) is 3.93. The van der Waals surface area contributed by atoms with Crippen LogP contribution in [0.5, 0.6) is 0 Å². The van der Waals surface area contributed by atoms with Gasteiger partial charge in [-0.2, -0.15) is 23.4 Å². The molecule has 0 saturated carbocycles. The van der Waals surface area contributed by atoms with E-state index in [2.05, 4.69) is 25.6 Å². The van der Waals surface area contributed by atoms with Gasteiger partial charge in [-0.1, -0.05) is 12.1 Å². The van der Waals surface area contributed by atoms with Gasteiger partial charge < -0.3 is 5.32 Å². The Morgan fingerprint density at radius 1 is 1.16 bits per heavy atom. The number of aromatic amines is 1. The van der Waals surface area contributed by atoms with Crippen LogP contribution in [0.1, 0.15) is 21.6 Å². The van der Waals surface area contributed by atoms with Crippen LogP contribution in [-0.2, 0) is 29.6 Å². The van der Waals surface area contributed by atoms with Crippen LogP contribution in [0, 0.1) is 0 Å². The number of rotatable bonds is 5. The van der Waals surface area contributed by atoms with E-state index < -0.39 is 32.5 Å². The molecule has 3 heterocycles. The lowest BCUT2D eigenvalue weighted by Gasteiger charge is -2.11. The van der Waals surface area contributed by atoms with Gasteiger partial charge in [0.15, 0.2) is 11.3 Å². The Hall–Kier alpha value is -3.74. The number of carbonyl (C=O) groups is 1. The van der Waals surface area contributed by atoms with E-state index in [0.29, 0.717) is 33.0 Å². The van der Waals surface area contributed by atoms with Crippen molar-refractivity contribution in [2.75, 3.05) is 0 Å². The first-order valence-corrected chi connectivity index (χ1v) is 10.6. The minimum absolute atomic E-state index is 0.0727. The van der Waals surface area contributed by atoms with Crippen LogP contribution in [0.25, 0.3) is 11.0 Å². The van der Waals surface area contributed by atoms with E-state index in [9.17, 15) is 26.4 Å². The Morgan fingerprint density at radius 2 is 1.88 bits per heavy atom. The fourth-order valence-electron chi connectivity index (χ4n) is 3.10. The molecule has 0 fully saturated rings. The normalized spacial score (nSPS) is 12.2. The SMILES string of the molecule is Cn1ncc(S(=O)(=O)c2ccc(CNC(=O)c3cnc4[nH]ncc4c3)cc2)c1C(F)(F)F. The number of benzene rings is 1. The highest BCUT2D eigenvalue weighted by atomic mass is 32.2. The van der Waals surface area contributed by atoms with Crippen LogP contribution in [0.4, 0.5) is 13.2 Å². The van der Waals surface area contributed by atoms with E-state index >= 15 is 0 Å². The quantitative estimate of drug-likeness (QED) is 0.468. The van der Waals surface area contributed by atoms with E-state index in [-0.39, 0.29) is 11.4 Å². The first kappa shape index (κ1) is 21.5. The molecule has 0 aliphatic rings. The highest BCUT2D eigenvalue weighted by molar-refractivity contribution is 7.91. The molecule has 4 rings (SSSR count). The number of pyridine rings is 1. The maximum atomic E-state index is 13.3. The first-order valence-electron chi connectivity index (χ1n) is 9.08. The van der Waals surface area contributed by atoms with Gasteiger partial charge in [-0.25, -0.2) is 13.4 Å². The van der Waals surface area contributed by atoms with Gasteiger partial charge in [-0.05, 0) is 23.8 Å². The summed E-state index contributed by atoms with van der Waals surface area (Å²) in [6, 6.07) is 6.80. The number of nitrogens with zero attached hydrogens (tertiary/aromatic N) is 4. The van der Waals surface area contributed by atoms with Crippen LogP contribution in [0.2, 0.25) is 0 Å².